The maximum atomic E-state index is 12.5. The van der Waals surface area contributed by atoms with Crippen molar-refractivity contribution in [1.82, 2.24) is 5.32 Å². The second-order valence-electron chi connectivity index (χ2n) is 4.08. The molecule has 0 aliphatic heterocycles. The highest BCUT2D eigenvalue weighted by atomic mass is 19.4. The van der Waals surface area contributed by atoms with Crippen molar-refractivity contribution < 1.29 is 13.2 Å². The number of alkyl halides is 3. The molecule has 4 heteroatoms. The largest absolute Gasteiger partial charge is 0.416 e. The van der Waals surface area contributed by atoms with Gasteiger partial charge in [0, 0.05) is 0 Å². The van der Waals surface area contributed by atoms with Gasteiger partial charge in [0.1, 0.15) is 0 Å². The molecule has 1 N–H and O–H groups in total. The van der Waals surface area contributed by atoms with Crippen LogP contribution in [0.2, 0.25) is 0 Å². The van der Waals surface area contributed by atoms with Crippen molar-refractivity contribution in [2.24, 2.45) is 0 Å². The van der Waals surface area contributed by atoms with E-state index in [9.17, 15) is 13.2 Å². The summed E-state index contributed by atoms with van der Waals surface area (Å²) in [7, 11) is 0. The molecule has 1 aromatic carbocycles. The van der Waals surface area contributed by atoms with E-state index in [2.05, 4.69) is 11.2 Å². The van der Waals surface area contributed by atoms with Crippen molar-refractivity contribution in [2.45, 2.75) is 32.0 Å². The van der Waals surface area contributed by atoms with Crippen LogP contribution < -0.4 is 5.32 Å². The average Bonchev–Trinajstić information content (AvgIpc) is 2.33. The summed E-state index contributed by atoms with van der Waals surface area (Å²) >= 11 is 0. The Kier molecular flexibility index (Phi) is 5.24. The van der Waals surface area contributed by atoms with Crippen molar-refractivity contribution in [1.29, 1.82) is 0 Å². The van der Waals surface area contributed by atoms with E-state index >= 15 is 0 Å². The van der Waals surface area contributed by atoms with Gasteiger partial charge in [-0.2, -0.15) is 13.2 Å². The fraction of sp³-hybridized carbons (Fsp3) is 0.429. The van der Waals surface area contributed by atoms with Crippen molar-refractivity contribution in [3.8, 4) is 12.3 Å². The Hall–Kier alpha value is -1.47. The van der Waals surface area contributed by atoms with Crippen LogP contribution >= 0.6 is 0 Å². The van der Waals surface area contributed by atoms with E-state index < -0.39 is 11.7 Å². The molecule has 18 heavy (non-hydrogen) atoms. The van der Waals surface area contributed by atoms with Crippen LogP contribution in [0.5, 0.6) is 0 Å². The van der Waals surface area contributed by atoms with Crippen molar-refractivity contribution >= 4 is 0 Å². The molecule has 1 aromatic rings. The standard InChI is InChI=1S/C14H16F3N/c1-3-8-18-13(4-2)10-11-6-5-7-12(9-11)14(15,16)17/h2,5-7,9,13,18H,3,8,10H2,1H3. The highest BCUT2D eigenvalue weighted by molar-refractivity contribution is 5.27. The number of hydrogen-bond donors (Lipinski definition) is 1. The molecule has 1 atom stereocenters. The Balaban J connectivity index is 2.75. The van der Waals surface area contributed by atoms with Crippen LogP contribution in [0.1, 0.15) is 24.5 Å². The Morgan fingerprint density at radius 2 is 2.11 bits per heavy atom. The molecule has 1 nitrogen and oxygen atoms in total. The lowest BCUT2D eigenvalue weighted by molar-refractivity contribution is -0.137. The maximum absolute atomic E-state index is 12.5. The maximum Gasteiger partial charge on any atom is 0.416 e. The van der Waals surface area contributed by atoms with Gasteiger partial charge < -0.3 is 5.32 Å². The van der Waals surface area contributed by atoms with E-state index in [4.69, 9.17) is 6.42 Å². The molecular formula is C14H16F3N. The summed E-state index contributed by atoms with van der Waals surface area (Å²) in [6, 6.07) is 5.05. The smallest absolute Gasteiger partial charge is 0.303 e. The van der Waals surface area contributed by atoms with Gasteiger partial charge in [0.2, 0.25) is 0 Å². The molecule has 98 valence electrons. The summed E-state index contributed by atoms with van der Waals surface area (Å²) in [5.74, 6) is 2.55. The summed E-state index contributed by atoms with van der Waals surface area (Å²) in [6.07, 6.45) is 2.38. The number of nitrogens with one attached hydrogen (secondary N) is 1. The first-order chi connectivity index (χ1) is 8.47. The molecule has 0 spiro atoms. The van der Waals surface area contributed by atoms with Gasteiger partial charge in [-0.05, 0) is 31.0 Å². The van der Waals surface area contributed by atoms with E-state index in [1.54, 1.807) is 6.07 Å². The summed E-state index contributed by atoms with van der Waals surface area (Å²) in [4.78, 5) is 0. The van der Waals surface area contributed by atoms with Crippen LogP contribution in [0, 0.1) is 12.3 Å². The Bertz CT molecular complexity index is 418. The van der Waals surface area contributed by atoms with Crippen LogP contribution in [-0.4, -0.2) is 12.6 Å². The lowest BCUT2D eigenvalue weighted by atomic mass is 10.0. The second-order valence-corrected chi connectivity index (χ2v) is 4.08. The van der Waals surface area contributed by atoms with Crippen LogP contribution in [-0.2, 0) is 12.6 Å². The molecule has 0 aliphatic carbocycles. The number of halogens is 3. The topological polar surface area (TPSA) is 12.0 Å². The Morgan fingerprint density at radius 1 is 1.39 bits per heavy atom. The fourth-order valence-electron chi connectivity index (χ4n) is 1.62. The third-order valence-electron chi connectivity index (χ3n) is 2.54. The summed E-state index contributed by atoms with van der Waals surface area (Å²) < 4.78 is 37.6. The molecule has 0 aromatic heterocycles. The van der Waals surface area contributed by atoms with Crippen molar-refractivity contribution in [3.05, 3.63) is 35.4 Å². The van der Waals surface area contributed by atoms with E-state index in [1.165, 1.54) is 6.07 Å². The zero-order chi connectivity index (χ0) is 13.6. The first-order valence-electron chi connectivity index (χ1n) is 5.83. The predicted molar refractivity (Wildman–Crippen MR) is 66.1 cm³/mol. The molecule has 0 saturated carbocycles. The van der Waals surface area contributed by atoms with E-state index in [0.717, 1.165) is 25.1 Å². The quantitative estimate of drug-likeness (QED) is 0.796. The molecule has 0 aliphatic rings. The summed E-state index contributed by atoms with van der Waals surface area (Å²) in [6.45, 7) is 2.76. The third kappa shape index (κ3) is 4.42. The molecule has 0 amide bonds. The minimum atomic E-state index is -4.31. The lowest BCUT2D eigenvalue weighted by Crippen LogP contribution is -2.30. The SMILES string of the molecule is C#CC(Cc1cccc(C(F)(F)F)c1)NCCC. The lowest BCUT2D eigenvalue weighted by Gasteiger charge is -2.14. The zero-order valence-electron chi connectivity index (χ0n) is 10.2. The Morgan fingerprint density at radius 3 is 2.67 bits per heavy atom. The van der Waals surface area contributed by atoms with Gasteiger partial charge in [-0.3, -0.25) is 0 Å². The molecule has 0 radical (unpaired) electrons. The minimum absolute atomic E-state index is 0.228. The molecule has 0 saturated heterocycles. The predicted octanol–water partition coefficient (Wildman–Crippen LogP) is 3.25. The first kappa shape index (κ1) is 14.6. The highest BCUT2D eigenvalue weighted by Crippen LogP contribution is 2.29. The first-order valence-corrected chi connectivity index (χ1v) is 5.83. The average molecular weight is 255 g/mol. The zero-order valence-corrected chi connectivity index (χ0v) is 10.2. The van der Waals surface area contributed by atoms with Gasteiger partial charge in [0.15, 0.2) is 0 Å². The monoisotopic (exact) mass is 255 g/mol. The Labute approximate surface area is 105 Å². The van der Waals surface area contributed by atoms with Gasteiger partial charge >= 0.3 is 6.18 Å². The summed E-state index contributed by atoms with van der Waals surface area (Å²) in [5.41, 5.74) is -0.0392. The van der Waals surface area contributed by atoms with Gasteiger partial charge in [0.05, 0.1) is 11.6 Å². The molecule has 0 heterocycles. The molecule has 0 bridgehead atoms. The molecule has 0 fully saturated rings. The van der Waals surface area contributed by atoms with E-state index in [1.807, 2.05) is 6.92 Å². The third-order valence-corrected chi connectivity index (χ3v) is 2.54. The number of benzene rings is 1. The summed E-state index contributed by atoms with van der Waals surface area (Å²) in [5, 5.41) is 3.11. The van der Waals surface area contributed by atoms with Crippen LogP contribution in [0.3, 0.4) is 0 Å². The van der Waals surface area contributed by atoms with Crippen LogP contribution in [0.25, 0.3) is 0 Å². The van der Waals surface area contributed by atoms with Gasteiger partial charge in [-0.1, -0.05) is 31.0 Å². The number of rotatable bonds is 5. The van der Waals surface area contributed by atoms with Crippen molar-refractivity contribution in [2.75, 3.05) is 6.54 Å². The molecular weight excluding hydrogens is 239 g/mol. The van der Waals surface area contributed by atoms with Gasteiger partial charge in [-0.15, -0.1) is 6.42 Å². The highest BCUT2D eigenvalue weighted by Gasteiger charge is 2.30. The number of hydrogen-bond acceptors (Lipinski definition) is 1. The molecule has 1 rings (SSSR count). The normalized spacial score (nSPS) is 13.1. The van der Waals surface area contributed by atoms with Gasteiger partial charge in [0.25, 0.3) is 0 Å². The van der Waals surface area contributed by atoms with Crippen LogP contribution in [0.15, 0.2) is 24.3 Å². The minimum Gasteiger partial charge on any atom is -0.303 e. The van der Waals surface area contributed by atoms with Crippen molar-refractivity contribution in [3.63, 3.8) is 0 Å². The molecule has 1 unspecified atom stereocenters. The fourth-order valence-corrected chi connectivity index (χ4v) is 1.62. The second kappa shape index (κ2) is 6.46. The van der Waals surface area contributed by atoms with E-state index in [0.29, 0.717) is 12.0 Å². The van der Waals surface area contributed by atoms with Crippen LogP contribution in [0.4, 0.5) is 13.2 Å². The van der Waals surface area contributed by atoms with Gasteiger partial charge in [-0.25, -0.2) is 0 Å². The van der Waals surface area contributed by atoms with E-state index in [-0.39, 0.29) is 6.04 Å². The number of terminal acetylenes is 1.